The summed E-state index contributed by atoms with van der Waals surface area (Å²) in [4.78, 5) is 4.28. The summed E-state index contributed by atoms with van der Waals surface area (Å²) in [7, 11) is 1.86. The Hall–Kier alpha value is -0.940. The van der Waals surface area contributed by atoms with Crippen molar-refractivity contribution in [3.8, 4) is 0 Å². The van der Waals surface area contributed by atoms with Crippen LogP contribution in [0.5, 0.6) is 0 Å². The Balaban J connectivity index is 2.03. The van der Waals surface area contributed by atoms with Gasteiger partial charge in [0.1, 0.15) is 0 Å². The van der Waals surface area contributed by atoms with Gasteiger partial charge in [0.25, 0.3) is 0 Å². The average molecular weight is 182 g/mol. The highest BCUT2D eigenvalue weighted by atomic mass is 16.5. The van der Waals surface area contributed by atoms with Crippen LogP contribution < -0.4 is 10.6 Å². The summed E-state index contributed by atoms with van der Waals surface area (Å²) in [5.74, 6) is 1.45. The molecular formula is C8H14N4O. The standard InChI is InChI=1S/C8H14N4O/c1-9-5-7-11-8(13-12-7)6-3-2-4-10-6/h6,9-10H,2-5H2,1H3. The second-order valence-electron chi connectivity index (χ2n) is 3.23. The highest BCUT2D eigenvalue weighted by Crippen LogP contribution is 2.20. The third-order valence-electron chi connectivity index (χ3n) is 2.18. The number of nitrogens with zero attached hydrogens (tertiary/aromatic N) is 2. The number of rotatable bonds is 3. The van der Waals surface area contributed by atoms with Gasteiger partial charge in [0, 0.05) is 0 Å². The van der Waals surface area contributed by atoms with Crippen LogP contribution in [0.25, 0.3) is 0 Å². The van der Waals surface area contributed by atoms with Gasteiger partial charge in [-0.25, -0.2) is 0 Å². The second kappa shape index (κ2) is 3.85. The smallest absolute Gasteiger partial charge is 0.243 e. The molecule has 1 fully saturated rings. The Bertz CT molecular complexity index is 267. The molecule has 0 radical (unpaired) electrons. The van der Waals surface area contributed by atoms with E-state index >= 15 is 0 Å². The van der Waals surface area contributed by atoms with Crippen molar-refractivity contribution < 1.29 is 4.52 Å². The highest BCUT2D eigenvalue weighted by Gasteiger charge is 2.21. The molecule has 0 aliphatic carbocycles. The minimum atomic E-state index is 0.276. The van der Waals surface area contributed by atoms with Crippen LogP contribution >= 0.6 is 0 Å². The largest absolute Gasteiger partial charge is 0.338 e. The van der Waals surface area contributed by atoms with E-state index in [2.05, 4.69) is 20.8 Å². The highest BCUT2D eigenvalue weighted by molar-refractivity contribution is 4.94. The maximum Gasteiger partial charge on any atom is 0.243 e. The molecule has 0 aromatic carbocycles. The quantitative estimate of drug-likeness (QED) is 0.699. The van der Waals surface area contributed by atoms with Crippen LogP contribution in [-0.4, -0.2) is 23.7 Å². The fourth-order valence-electron chi connectivity index (χ4n) is 1.53. The summed E-state index contributed by atoms with van der Waals surface area (Å²) in [6.07, 6.45) is 2.29. The lowest BCUT2D eigenvalue weighted by atomic mass is 10.2. The molecule has 1 aliphatic rings. The molecule has 0 amide bonds. The maximum atomic E-state index is 5.14. The fraction of sp³-hybridized carbons (Fsp3) is 0.750. The number of nitrogens with one attached hydrogen (secondary N) is 2. The van der Waals surface area contributed by atoms with Gasteiger partial charge >= 0.3 is 0 Å². The van der Waals surface area contributed by atoms with Gasteiger partial charge in [-0.3, -0.25) is 0 Å². The van der Waals surface area contributed by atoms with Gasteiger partial charge in [0.05, 0.1) is 12.6 Å². The van der Waals surface area contributed by atoms with Gasteiger partial charge in [-0.1, -0.05) is 5.16 Å². The molecule has 0 saturated carbocycles. The lowest BCUT2D eigenvalue weighted by Gasteiger charge is -2.01. The molecule has 2 N–H and O–H groups in total. The van der Waals surface area contributed by atoms with Gasteiger partial charge in [0.2, 0.25) is 5.89 Å². The summed E-state index contributed by atoms with van der Waals surface area (Å²) in [6, 6.07) is 0.276. The minimum Gasteiger partial charge on any atom is -0.338 e. The molecule has 1 unspecified atom stereocenters. The summed E-state index contributed by atoms with van der Waals surface area (Å²) in [5.41, 5.74) is 0. The van der Waals surface area contributed by atoms with Crippen molar-refractivity contribution in [2.75, 3.05) is 13.6 Å². The first-order chi connectivity index (χ1) is 6.40. The van der Waals surface area contributed by atoms with Gasteiger partial charge in [0.15, 0.2) is 5.82 Å². The topological polar surface area (TPSA) is 63.0 Å². The Labute approximate surface area is 76.9 Å². The van der Waals surface area contributed by atoms with Crippen LogP contribution in [0.15, 0.2) is 4.52 Å². The van der Waals surface area contributed by atoms with E-state index in [9.17, 15) is 0 Å². The van der Waals surface area contributed by atoms with Crippen LogP contribution in [0.2, 0.25) is 0 Å². The summed E-state index contributed by atoms with van der Waals surface area (Å²) < 4.78 is 5.14. The van der Waals surface area contributed by atoms with Crippen molar-refractivity contribution in [2.45, 2.75) is 25.4 Å². The average Bonchev–Trinajstić information content (AvgIpc) is 2.70. The third kappa shape index (κ3) is 1.87. The number of aromatic nitrogens is 2. The molecule has 1 aromatic heterocycles. The van der Waals surface area contributed by atoms with Crippen molar-refractivity contribution in [2.24, 2.45) is 0 Å². The van der Waals surface area contributed by atoms with E-state index < -0.39 is 0 Å². The zero-order chi connectivity index (χ0) is 9.10. The lowest BCUT2D eigenvalue weighted by Crippen LogP contribution is -2.13. The van der Waals surface area contributed by atoms with Crippen LogP contribution in [0.1, 0.15) is 30.6 Å². The molecular weight excluding hydrogens is 168 g/mol. The maximum absolute atomic E-state index is 5.14. The molecule has 2 heterocycles. The van der Waals surface area contributed by atoms with Gasteiger partial charge in [-0.15, -0.1) is 0 Å². The van der Waals surface area contributed by atoms with Crippen molar-refractivity contribution in [3.05, 3.63) is 11.7 Å². The Morgan fingerprint density at radius 1 is 1.69 bits per heavy atom. The molecule has 13 heavy (non-hydrogen) atoms. The Morgan fingerprint density at radius 3 is 3.31 bits per heavy atom. The van der Waals surface area contributed by atoms with Crippen LogP contribution in [-0.2, 0) is 6.54 Å². The van der Waals surface area contributed by atoms with E-state index in [1.807, 2.05) is 7.05 Å². The van der Waals surface area contributed by atoms with E-state index in [4.69, 9.17) is 4.52 Å². The fourth-order valence-corrected chi connectivity index (χ4v) is 1.53. The molecule has 0 bridgehead atoms. The first kappa shape index (κ1) is 8.65. The zero-order valence-electron chi connectivity index (χ0n) is 7.71. The molecule has 2 rings (SSSR count). The molecule has 0 spiro atoms. The summed E-state index contributed by atoms with van der Waals surface area (Å²) >= 11 is 0. The molecule has 1 saturated heterocycles. The predicted octanol–water partition coefficient (Wildman–Crippen LogP) is 0.213. The van der Waals surface area contributed by atoms with Crippen molar-refractivity contribution in [3.63, 3.8) is 0 Å². The third-order valence-corrected chi connectivity index (χ3v) is 2.18. The van der Waals surface area contributed by atoms with Gasteiger partial charge in [-0.2, -0.15) is 4.98 Å². The normalized spacial score (nSPS) is 22.4. The van der Waals surface area contributed by atoms with E-state index in [1.165, 1.54) is 6.42 Å². The molecule has 1 atom stereocenters. The summed E-state index contributed by atoms with van der Waals surface area (Å²) in [5, 5.41) is 10.2. The van der Waals surface area contributed by atoms with Gasteiger partial charge < -0.3 is 15.2 Å². The first-order valence-electron chi connectivity index (χ1n) is 4.60. The van der Waals surface area contributed by atoms with Crippen LogP contribution in [0, 0.1) is 0 Å². The number of hydrogen-bond acceptors (Lipinski definition) is 5. The van der Waals surface area contributed by atoms with E-state index in [0.29, 0.717) is 6.54 Å². The molecule has 5 heteroatoms. The Morgan fingerprint density at radius 2 is 2.62 bits per heavy atom. The Kier molecular flexibility index (Phi) is 2.56. The van der Waals surface area contributed by atoms with Gasteiger partial charge in [-0.05, 0) is 26.4 Å². The van der Waals surface area contributed by atoms with E-state index in [1.54, 1.807) is 0 Å². The number of hydrogen-bond donors (Lipinski definition) is 2. The van der Waals surface area contributed by atoms with E-state index in [-0.39, 0.29) is 6.04 Å². The van der Waals surface area contributed by atoms with Crippen molar-refractivity contribution in [1.82, 2.24) is 20.8 Å². The summed E-state index contributed by atoms with van der Waals surface area (Å²) in [6.45, 7) is 1.71. The van der Waals surface area contributed by atoms with Crippen molar-refractivity contribution >= 4 is 0 Å². The predicted molar refractivity (Wildman–Crippen MR) is 47.0 cm³/mol. The lowest BCUT2D eigenvalue weighted by molar-refractivity contribution is 0.340. The minimum absolute atomic E-state index is 0.276. The molecule has 5 nitrogen and oxygen atoms in total. The van der Waals surface area contributed by atoms with E-state index in [0.717, 1.165) is 24.7 Å². The zero-order valence-corrected chi connectivity index (χ0v) is 7.71. The van der Waals surface area contributed by atoms with Crippen LogP contribution in [0.4, 0.5) is 0 Å². The molecule has 1 aliphatic heterocycles. The second-order valence-corrected chi connectivity index (χ2v) is 3.23. The first-order valence-corrected chi connectivity index (χ1v) is 4.60. The molecule has 72 valence electrons. The molecule has 1 aromatic rings. The van der Waals surface area contributed by atoms with Crippen LogP contribution in [0.3, 0.4) is 0 Å². The van der Waals surface area contributed by atoms with Crippen molar-refractivity contribution in [1.29, 1.82) is 0 Å². The SMILES string of the molecule is CNCc1noc(C2CCCN2)n1. The monoisotopic (exact) mass is 182 g/mol.